The molecule has 0 bridgehead atoms. The molecule has 2 aromatic carbocycles. The number of halogens is 1. The number of ether oxygens (including phenoxy) is 1. The molecule has 0 saturated carbocycles. The van der Waals surface area contributed by atoms with Crippen molar-refractivity contribution in [3.8, 4) is 5.75 Å². The average Bonchev–Trinajstić information content (AvgIpc) is 3.29. The Morgan fingerprint density at radius 2 is 2.00 bits per heavy atom. The van der Waals surface area contributed by atoms with E-state index < -0.39 is 11.5 Å². The topological polar surface area (TPSA) is 71.5 Å². The summed E-state index contributed by atoms with van der Waals surface area (Å²) in [7, 11) is 0. The molecule has 0 unspecified atom stereocenters. The Hall–Kier alpha value is -3.26. The maximum Gasteiger partial charge on any atom is 0.270 e. The predicted molar refractivity (Wildman–Crippen MR) is 139 cm³/mol. The van der Waals surface area contributed by atoms with Crippen LogP contribution in [0, 0.1) is 11.2 Å². The maximum atomic E-state index is 14.2. The van der Waals surface area contributed by atoms with Crippen LogP contribution in [0.15, 0.2) is 47.8 Å². The summed E-state index contributed by atoms with van der Waals surface area (Å²) >= 11 is 1.37. The molecule has 1 N–H and O–H groups in total. The number of amides is 2. The minimum atomic E-state index is -0.568. The van der Waals surface area contributed by atoms with Crippen LogP contribution in [0.2, 0.25) is 0 Å². The van der Waals surface area contributed by atoms with Crippen LogP contribution in [-0.2, 0) is 17.8 Å². The van der Waals surface area contributed by atoms with E-state index in [1.165, 1.54) is 23.5 Å². The summed E-state index contributed by atoms with van der Waals surface area (Å²) in [6.45, 7) is 10.3. The molecule has 8 heteroatoms. The van der Waals surface area contributed by atoms with Crippen molar-refractivity contribution in [1.29, 1.82) is 0 Å². The molecule has 2 amide bonds. The van der Waals surface area contributed by atoms with Gasteiger partial charge in [0.05, 0.1) is 6.04 Å². The van der Waals surface area contributed by atoms with Crippen molar-refractivity contribution in [2.75, 3.05) is 6.54 Å². The van der Waals surface area contributed by atoms with Crippen molar-refractivity contribution in [1.82, 2.24) is 15.2 Å². The Balaban J connectivity index is 1.61. The van der Waals surface area contributed by atoms with Gasteiger partial charge in [0.15, 0.2) is 0 Å². The van der Waals surface area contributed by atoms with Gasteiger partial charge in [0.2, 0.25) is 5.91 Å². The van der Waals surface area contributed by atoms with Crippen molar-refractivity contribution in [2.24, 2.45) is 5.41 Å². The molecule has 3 aromatic rings. The number of hydrogen-bond acceptors (Lipinski definition) is 5. The van der Waals surface area contributed by atoms with Gasteiger partial charge in [0.25, 0.3) is 5.91 Å². The van der Waals surface area contributed by atoms with E-state index in [0.717, 1.165) is 16.7 Å². The minimum absolute atomic E-state index is 0.0173. The Morgan fingerprint density at radius 3 is 2.69 bits per heavy atom. The highest BCUT2D eigenvalue weighted by atomic mass is 32.1. The summed E-state index contributed by atoms with van der Waals surface area (Å²) in [6, 6.07) is 11.9. The van der Waals surface area contributed by atoms with E-state index in [-0.39, 0.29) is 30.3 Å². The summed E-state index contributed by atoms with van der Waals surface area (Å²) in [4.78, 5) is 31.8. The molecule has 6 nitrogen and oxygen atoms in total. The molecule has 1 aliphatic rings. The SMILES string of the molecule is CC(C)NC(=O)c1csc(COc2ccc3c(c2)[C@@H](c2cccc(F)c2)N(C(=O)C(C)(C)C)CC3)n1. The van der Waals surface area contributed by atoms with Crippen LogP contribution in [0.1, 0.15) is 72.8 Å². The maximum absolute atomic E-state index is 14.2. The molecule has 0 spiro atoms. The predicted octanol–water partition coefficient (Wildman–Crippen LogP) is 5.52. The third-order valence-electron chi connectivity index (χ3n) is 5.98. The number of carbonyl (C=O) groups excluding carboxylic acids is 2. The van der Waals surface area contributed by atoms with E-state index in [9.17, 15) is 14.0 Å². The molecule has 0 radical (unpaired) electrons. The fourth-order valence-corrected chi connectivity index (χ4v) is 5.02. The average molecular weight is 510 g/mol. The van der Waals surface area contributed by atoms with Crippen LogP contribution < -0.4 is 10.1 Å². The monoisotopic (exact) mass is 509 g/mol. The Bertz CT molecular complexity index is 1260. The Kier molecular flexibility index (Phi) is 7.45. The highest BCUT2D eigenvalue weighted by molar-refractivity contribution is 7.09. The second-order valence-electron chi connectivity index (χ2n) is 10.4. The molecule has 4 rings (SSSR count). The lowest BCUT2D eigenvalue weighted by Gasteiger charge is -2.41. The van der Waals surface area contributed by atoms with Crippen LogP contribution >= 0.6 is 11.3 Å². The largest absolute Gasteiger partial charge is 0.486 e. The van der Waals surface area contributed by atoms with Crippen LogP contribution in [0.4, 0.5) is 4.39 Å². The lowest BCUT2D eigenvalue weighted by atomic mass is 9.85. The summed E-state index contributed by atoms with van der Waals surface area (Å²) in [5.74, 6) is 0.103. The zero-order valence-corrected chi connectivity index (χ0v) is 22.1. The number of benzene rings is 2. The van der Waals surface area contributed by atoms with Gasteiger partial charge in [-0.05, 0) is 61.2 Å². The zero-order chi connectivity index (χ0) is 26.0. The lowest BCUT2D eigenvalue weighted by molar-refractivity contribution is -0.141. The zero-order valence-electron chi connectivity index (χ0n) is 21.3. The minimum Gasteiger partial charge on any atom is -0.486 e. The molecular formula is C28H32FN3O3S. The molecule has 1 aromatic heterocycles. The Morgan fingerprint density at radius 1 is 1.22 bits per heavy atom. The highest BCUT2D eigenvalue weighted by Gasteiger charge is 2.37. The summed E-state index contributed by atoms with van der Waals surface area (Å²) in [5, 5.41) is 5.24. The number of aromatic nitrogens is 1. The molecule has 2 heterocycles. The van der Waals surface area contributed by atoms with E-state index in [1.54, 1.807) is 11.4 Å². The third-order valence-corrected chi connectivity index (χ3v) is 6.80. The van der Waals surface area contributed by atoms with Gasteiger partial charge in [-0.1, -0.05) is 39.0 Å². The van der Waals surface area contributed by atoms with Gasteiger partial charge < -0.3 is 15.0 Å². The molecule has 0 saturated heterocycles. The van der Waals surface area contributed by atoms with Crippen molar-refractivity contribution in [3.63, 3.8) is 0 Å². The van der Waals surface area contributed by atoms with Crippen LogP contribution in [0.3, 0.4) is 0 Å². The number of rotatable bonds is 6. The van der Waals surface area contributed by atoms with Crippen molar-refractivity contribution in [2.45, 2.75) is 59.7 Å². The fraction of sp³-hybridized carbons (Fsp3) is 0.393. The molecule has 36 heavy (non-hydrogen) atoms. The van der Waals surface area contributed by atoms with E-state index in [1.807, 2.05) is 63.8 Å². The van der Waals surface area contributed by atoms with Crippen LogP contribution in [-0.4, -0.2) is 34.3 Å². The smallest absolute Gasteiger partial charge is 0.270 e. The normalized spacial score (nSPS) is 15.5. The molecule has 0 aliphatic carbocycles. The number of carbonyl (C=O) groups is 2. The number of nitrogens with zero attached hydrogens (tertiary/aromatic N) is 2. The quantitative estimate of drug-likeness (QED) is 0.475. The van der Waals surface area contributed by atoms with E-state index in [4.69, 9.17) is 4.74 Å². The van der Waals surface area contributed by atoms with Crippen LogP contribution in [0.5, 0.6) is 5.75 Å². The van der Waals surface area contributed by atoms with Crippen LogP contribution in [0.25, 0.3) is 0 Å². The first-order chi connectivity index (χ1) is 17.0. The highest BCUT2D eigenvalue weighted by Crippen LogP contribution is 2.39. The number of nitrogens with one attached hydrogen (secondary N) is 1. The van der Waals surface area contributed by atoms with E-state index >= 15 is 0 Å². The third kappa shape index (κ3) is 5.75. The molecule has 1 atom stereocenters. The Labute approximate surface area is 215 Å². The van der Waals surface area contributed by atoms with Gasteiger partial charge in [-0.15, -0.1) is 11.3 Å². The standard InChI is InChI=1S/C28H32FN3O3S/c1-17(2)30-26(33)23-16-36-24(31-23)15-35-21-10-9-18-11-12-32(27(34)28(3,4)5)25(22(18)14-21)19-7-6-8-20(29)13-19/h6-10,13-14,16-17,25H,11-12,15H2,1-5H3,(H,30,33)/t25-/m1/s1. The summed E-state index contributed by atoms with van der Waals surface area (Å²) in [6.07, 6.45) is 0.712. The van der Waals surface area contributed by atoms with Gasteiger partial charge in [-0.2, -0.15) is 0 Å². The number of hydrogen-bond donors (Lipinski definition) is 1. The first-order valence-corrected chi connectivity index (χ1v) is 13.0. The van der Waals surface area contributed by atoms with Crippen molar-refractivity contribution < 1.29 is 18.7 Å². The molecule has 190 valence electrons. The number of fused-ring (bicyclic) bond motifs is 1. The van der Waals surface area contributed by atoms with Crippen molar-refractivity contribution >= 4 is 23.2 Å². The van der Waals surface area contributed by atoms with Gasteiger partial charge in [0, 0.05) is 23.4 Å². The lowest BCUT2D eigenvalue weighted by Crippen LogP contribution is -2.45. The first kappa shape index (κ1) is 25.8. The molecular weight excluding hydrogens is 477 g/mol. The van der Waals surface area contributed by atoms with E-state index in [2.05, 4.69) is 10.3 Å². The molecule has 1 aliphatic heterocycles. The summed E-state index contributed by atoms with van der Waals surface area (Å²) in [5.41, 5.74) is 2.57. The van der Waals surface area contributed by atoms with E-state index in [0.29, 0.717) is 29.4 Å². The first-order valence-electron chi connectivity index (χ1n) is 12.1. The summed E-state index contributed by atoms with van der Waals surface area (Å²) < 4.78 is 20.3. The van der Waals surface area contributed by atoms with Gasteiger partial charge in [-0.25, -0.2) is 9.37 Å². The molecule has 0 fully saturated rings. The second-order valence-corrected chi connectivity index (χ2v) is 11.3. The van der Waals surface area contributed by atoms with Gasteiger partial charge >= 0.3 is 0 Å². The van der Waals surface area contributed by atoms with Crippen molar-refractivity contribution in [3.05, 3.63) is 81.1 Å². The van der Waals surface area contributed by atoms with Gasteiger partial charge in [-0.3, -0.25) is 9.59 Å². The van der Waals surface area contributed by atoms with Gasteiger partial charge in [0.1, 0.15) is 28.9 Å². The number of thiazole rings is 1. The second kappa shape index (κ2) is 10.4. The fourth-order valence-electron chi connectivity index (χ4n) is 4.33.